The number of carbonyl (C=O) groups is 2. The Kier molecular flexibility index (Phi) is 58.9. The highest BCUT2D eigenvalue weighted by Crippen LogP contribution is 2.26. The highest BCUT2D eigenvalue weighted by atomic mass is 16.7. The van der Waals surface area contributed by atoms with Crippen LogP contribution in [0, 0.1) is 0 Å². The largest absolute Gasteiger partial charge is 0.454 e. The van der Waals surface area contributed by atoms with Crippen LogP contribution < -0.4 is 5.32 Å². The molecule has 1 heterocycles. The first-order valence-electron chi connectivity index (χ1n) is 36.0. The summed E-state index contributed by atoms with van der Waals surface area (Å²) in [6.07, 6.45) is 74.4. The highest BCUT2D eigenvalue weighted by Gasteiger charge is 2.47. The predicted molar refractivity (Wildman–Crippen MR) is 365 cm³/mol. The third-order valence-corrected chi connectivity index (χ3v) is 16.5. The number of amides is 1. The van der Waals surface area contributed by atoms with Gasteiger partial charge in [0.25, 0.3) is 0 Å². The maximum absolute atomic E-state index is 13.5. The van der Waals surface area contributed by atoms with Gasteiger partial charge in [-0.15, -0.1) is 0 Å². The van der Waals surface area contributed by atoms with Crippen LogP contribution in [-0.2, 0) is 23.8 Å². The van der Waals surface area contributed by atoms with E-state index in [1.54, 1.807) is 6.08 Å². The van der Waals surface area contributed by atoms with Gasteiger partial charge in [0, 0.05) is 6.42 Å². The molecule has 1 aliphatic rings. The zero-order valence-electron chi connectivity index (χ0n) is 55.9. The standard InChI is InChI=1S/C76H133NO10/c1-4-7-10-13-16-19-22-25-27-29-31-32-33-34-35-36-37-39-40-42-45-48-51-54-57-60-63-69(80)75(84)77-67(68(79)62-59-56-53-50-47-44-24-21-18-15-12-9-6-3)66-85-76-74(73(83)72(82)70(65-78)86-76)87-71(81)64-61-58-55-52-49-46-43-41-38-30-28-26-23-20-17-14-11-8-5-2/h7,10,16-17,19-20,25-28,31-32,34-35,59,62,67-70,72-74,76,78-80,82-83H,4-6,8-9,11-15,18,21-24,29-30,33,36-58,60-61,63-66H2,1-3H3,(H,77,84)/b10-7-,19-16-,20-17-,27-25-,28-26-,32-31-,35-34-,62-59+. The lowest BCUT2D eigenvalue weighted by atomic mass is 9.99. The second-order valence-corrected chi connectivity index (χ2v) is 24.6. The Morgan fingerprint density at radius 1 is 0.460 bits per heavy atom. The number of rotatable bonds is 61. The fourth-order valence-electron chi connectivity index (χ4n) is 10.8. The quantitative estimate of drug-likeness (QED) is 0.0195. The first-order chi connectivity index (χ1) is 42.7. The maximum Gasteiger partial charge on any atom is 0.306 e. The topological polar surface area (TPSA) is 175 Å². The van der Waals surface area contributed by atoms with Gasteiger partial charge in [0.1, 0.15) is 24.4 Å². The summed E-state index contributed by atoms with van der Waals surface area (Å²) >= 11 is 0. The SMILES string of the molecule is CC/C=C\C/C=C\C/C=C\C/C=C\C/C=C\CCCCCCCCCCCCC(O)C(=O)NC(COC1OC(CO)C(O)C(O)C1OC(=O)CCCCCCCCCCC/C=C\C/C=C\CCCCC)C(O)/C=C/CCCCCCCCCCCCC. The predicted octanol–water partition coefficient (Wildman–Crippen LogP) is 18.6. The second-order valence-electron chi connectivity index (χ2n) is 24.6. The van der Waals surface area contributed by atoms with Crippen molar-refractivity contribution in [3.63, 3.8) is 0 Å². The average Bonchev–Trinajstić information content (AvgIpc) is 1.52. The molecule has 6 N–H and O–H groups in total. The van der Waals surface area contributed by atoms with E-state index in [2.05, 4.69) is 111 Å². The van der Waals surface area contributed by atoms with Crippen LogP contribution >= 0.6 is 0 Å². The van der Waals surface area contributed by atoms with E-state index in [1.165, 1.54) is 148 Å². The minimum Gasteiger partial charge on any atom is -0.454 e. The van der Waals surface area contributed by atoms with Crippen LogP contribution in [0.3, 0.4) is 0 Å². The molecule has 8 atom stereocenters. The van der Waals surface area contributed by atoms with Crippen LogP contribution in [0.5, 0.6) is 0 Å². The van der Waals surface area contributed by atoms with Crippen LogP contribution in [0.1, 0.15) is 310 Å². The molecule has 11 nitrogen and oxygen atoms in total. The van der Waals surface area contributed by atoms with E-state index in [-0.39, 0.29) is 19.4 Å². The minimum atomic E-state index is -1.62. The van der Waals surface area contributed by atoms with Gasteiger partial charge in [0.15, 0.2) is 12.4 Å². The summed E-state index contributed by atoms with van der Waals surface area (Å²) in [6.45, 7) is 5.68. The first kappa shape index (κ1) is 81.6. The average molecular weight is 1220 g/mol. The van der Waals surface area contributed by atoms with Crippen molar-refractivity contribution >= 4 is 11.9 Å². The van der Waals surface area contributed by atoms with Gasteiger partial charge >= 0.3 is 5.97 Å². The van der Waals surface area contributed by atoms with Crippen molar-refractivity contribution in [2.75, 3.05) is 13.2 Å². The van der Waals surface area contributed by atoms with Crippen LogP contribution in [-0.4, -0.2) is 99.6 Å². The number of hydrogen-bond acceptors (Lipinski definition) is 10. The van der Waals surface area contributed by atoms with Crippen LogP contribution in [0.2, 0.25) is 0 Å². The molecule has 1 aliphatic heterocycles. The third kappa shape index (κ3) is 50.0. The Labute approximate surface area is 533 Å². The maximum atomic E-state index is 13.5. The van der Waals surface area contributed by atoms with E-state index in [4.69, 9.17) is 14.2 Å². The van der Waals surface area contributed by atoms with Crippen LogP contribution in [0.25, 0.3) is 0 Å². The smallest absolute Gasteiger partial charge is 0.306 e. The number of aliphatic hydroxyl groups is 5. The number of nitrogens with one attached hydrogen (secondary N) is 1. The Bertz CT molecular complexity index is 1790. The molecule has 0 aromatic rings. The fourth-order valence-corrected chi connectivity index (χ4v) is 10.8. The molecule has 1 saturated heterocycles. The van der Waals surface area contributed by atoms with Gasteiger partial charge in [-0.1, -0.05) is 298 Å². The van der Waals surface area contributed by atoms with E-state index < -0.39 is 67.4 Å². The Hall–Kier alpha value is -3.42. The van der Waals surface area contributed by atoms with Crippen molar-refractivity contribution in [2.45, 2.75) is 359 Å². The molecule has 11 heteroatoms. The van der Waals surface area contributed by atoms with Crippen LogP contribution in [0.4, 0.5) is 0 Å². The molecule has 0 aromatic carbocycles. The molecule has 1 rings (SSSR count). The molecule has 1 amide bonds. The molecule has 0 saturated carbocycles. The summed E-state index contributed by atoms with van der Waals surface area (Å²) in [5.41, 5.74) is 0. The summed E-state index contributed by atoms with van der Waals surface area (Å²) in [6, 6.07) is -1.03. The van der Waals surface area contributed by atoms with Gasteiger partial charge in [-0.25, -0.2) is 0 Å². The van der Waals surface area contributed by atoms with E-state index in [0.29, 0.717) is 12.8 Å². The lowest BCUT2D eigenvalue weighted by molar-refractivity contribution is -0.305. The lowest BCUT2D eigenvalue weighted by Gasteiger charge is -2.41. The molecule has 0 aromatic heterocycles. The van der Waals surface area contributed by atoms with E-state index in [1.807, 2.05) is 6.08 Å². The van der Waals surface area contributed by atoms with Crippen molar-refractivity contribution in [3.05, 3.63) is 97.2 Å². The summed E-state index contributed by atoms with van der Waals surface area (Å²) in [5, 5.41) is 57.3. The Morgan fingerprint density at radius 2 is 0.828 bits per heavy atom. The van der Waals surface area contributed by atoms with Crippen molar-refractivity contribution in [1.82, 2.24) is 5.32 Å². The normalized spacial score (nSPS) is 18.8. The van der Waals surface area contributed by atoms with Crippen molar-refractivity contribution in [3.8, 4) is 0 Å². The summed E-state index contributed by atoms with van der Waals surface area (Å²) in [7, 11) is 0. The summed E-state index contributed by atoms with van der Waals surface area (Å²) in [5.74, 6) is -1.20. The first-order valence-corrected chi connectivity index (χ1v) is 36.0. The van der Waals surface area contributed by atoms with Gasteiger partial charge in [-0.3, -0.25) is 9.59 Å². The summed E-state index contributed by atoms with van der Waals surface area (Å²) < 4.78 is 17.7. The van der Waals surface area contributed by atoms with Gasteiger partial charge in [-0.05, 0) is 103 Å². The number of aliphatic hydroxyl groups excluding tert-OH is 5. The monoisotopic (exact) mass is 1220 g/mol. The fraction of sp³-hybridized carbons (Fsp3) is 0.763. The third-order valence-electron chi connectivity index (χ3n) is 16.5. The van der Waals surface area contributed by atoms with Gasteiger partial charge in [-0.2, -0.15) is 0 Å². The van der Waals surface area contributed by atoms with E-state index in [9.17, 15) is 35.1 Å². The molecule has 8 unspecified atom stereocenters. The molecule has 1 fully saturated rings. The van der Waals surface area contributed by atoms with E-state index >= 15 is 0 Å². The van der Waals surface area contributed by atoms with Crippen molar-refractivity contribution in [2.24, 2.45) is 0 Å². The van der Waals surface area contributed by atoms with Crippen LogP contribution in [0.15, 0.2) is 97.2 Å². The van der Waals surface area contributed by atoms with Gasteiger partial charge < -0.3 is 45.1 Å². The molecular formula is C76H133NO10. The molecule has 0 bridgehead atoms. The molecule has 0 aliphatic carbocycles. The van der Waals surface area contributed by atoms with Gasteiger partial charge in [0.05, 0.1) is 25.4 Å². The molecular weight excluding hydrogens is 1090 g/mol. The minimum absolute atomic E-state index is 0.116. The lowest BCUT2D eigenvalue weighted by Crippen LogP contribution is -2.61. The number of allylic oxidation sites excluding steroid dienone is 15. The van der Waals surface area contributed by atoms with Crippen molar-refractivity contribution < 1.29 is 49.3 Å². The number of hydrogen-bond donors (Lipinski definition) is 6. The molecule has 87 heavy (non-hydrogen) atoms. The zero-order chi connectivity index (χ0) is 63.1. The number of esters is 1. The number of unbranched alkanes of at least 4 members (excludes halogenated alkanes) is 33. The molecule has 0 spiro atoms. The zero-order valence-corrected chi connectivity index (χ0v) is 55.9. The molecule has 502 valence electrons. The Balaban J connectivity index is 2.59. The van der Waals surface area contributed by atoms with Crippen molar-refractivity contribution in [1.29, 1.82) is 0 Å². The highest BCUT2D eigenvalue weighted by molar-refractivity contribution is 5.80. The van der Waals surface area contributed by atoms with Gasteiger partial charge in [0.2, 0.25) is 5.91 Å². The number of ether oxygens (including phenoxy) is 3. The second kappa shape index (κ2) is 62.8. The summed E-state index contributed by atoms with van der Waals surface area (Å²) in [4.78, 5) is 26.7. The number of carbonyl (C=O) groups excluding carboxylic acids is 2. The Morgan fingerprint density at radius 3 is 1.26 bits per heavy atom. The molecule has 0 radical (unpaired) electrons. The van der Waals surface area contributed by atoms with E-state index in [0.717, 1.165) is 116 Å².